The minimum atomic E-state index is -0.167. The van der Waals surface area contributed by atoms with Gasteiger partial charge in [-0.15, -0.1) is 11.3 Å². The average Bonchev–Trinajstić information content (AvgIpc) is 3.11. The lowest BCUT2D eigenvalue weighted by molar-refractivity contribution is -0.113. The Kier molecular flexibility index (Phi) is 5.92. The third-order valence-electron chi connectivity index (χ3n) is 4.98. The van der Waals surface area contributed by atoms with Gasteiger partial charge in [0.2, 0.25) is 5.91 Å². The number of anilines is 2. The highest BCUT2D eigenvalue weighted by Crippen LogP contribution is 2.38. The first-order valence-electron chi connectivity index (χ1n) is 9.74. The van der Waals surface area contributed by atoms with Crippen molar-refractivity contribution in [3.8, 4) is 0 Å². The summed E-state index contributed by atoms with van der Waals surface area (Å²) >= 11 is 2.96. The highest BCUT2D eigenvalue weighted by atomic mass is 32.2. The van der Waals surface area contributed by atoms with Crippen LogP contribution in [0.3, 0.4) is 0 Å². The maximum atomic E-state index is 12.3. The molecular weight excluding hydrogens is 418 g/mol. The lowest BCUT2D eigenvalue weighted by Gasteiger charge is -2.11. The molecule has 0 radical (unpaired) electrons. The van der Waals surface area contributed by atoms with Gasteiger partial charge in [0.05, 0.1) is 11.1 Å². The second-order valence-electron chi connectivity index (χ2n) is 7.40. The second kappa shape index (κ2) is 8.61. The van der Waals surface area contributed by atoms with Gasteiger partial charge in [-0.1, -0.05) is 11.8 Å². The minimum absolute atomic E-state index is 0.0798. The molecular formula is C21H23N5O2S2. The van der Waals surface area contributed by atoms with Crippen LogP contribution in [0, 0.1) is 0 Å². The van der Waals surface area contributed by atoms with Crippen LogP contribution in [0.15, 0.2) is 29.4 Å². The summed E-state index contributed by atoms with van der Waals surface area (Å²) in [6, 6.07) is 6.83. The Morgan fingerprint density at radius 1 is 1.17 bits per heavy atom. The average molecular weight is 442 g/mol. The number of hydrogen-bond donors (Lipinski definition) is 2. The Labute approximate surface area is 183 Å². The van der Waals surface area contributed by atoms with E-state index in [4.69, 9.17) is 5.73 Å². The summed E-state index contributed by atoms with van der Waals surface area (Å²) in [7, 11) is 3.40. The van der Waals surface area contributed by atoms with Gasteiger partial charge in [0, 0.05) is 30.2 Å². The molecule has 156 valence electrons. The number of carbonyl (C=O) groups is 2. The number of benzene rings is 1. The van der Waals surface area contributed by atoms with Crippen LogP contribution in [0.25, 0.3) is 10.2 Å². The maximum Gasteiger partial charge on any atom is 0.253 e. The van der Waals surface area contributed by atoms with E-state index in [1.54, 1.807) is 49.7 Å². The fourth-order valence-corrected chi connectivity index (χ4v) is 5.49. The molecule has 1 aliphatic rings. The summed E-state index contributed by atoms with van der Waals surface area (Å²) in [6.07, 6.45) is 4.51. The minimum Gasteiger partial charge on any atom is -0.383 e. The monoisotopic (exact) mass is 441 g/mol. The van der Waals surface area contributed by atoms with E-state index in [1.165, 1.54) is 39.9 Å². The number of amides is 2. The Hall–Kier alpha value is -2.65. The molecule has 2 amide bonds. The number of fused-ring (bicyclic) bond motifs is 3. The number of aryl methyl sites for hydroxylation is 2. The number of nitrogens with zero attached hydrogens (tertiary/aromatic N) is 3. The summed E-state index contributed by atoms with van der Waals surface area (Å²) < 4.78 is 0. The first-order chi connectivity index (χ1) is 14.4. The molecule has 0 bridgehead atoms. The molecule has 4 rings (SSSR count). The van der Waals surface area contributed by atoms with Gasteiger partial charge in [-0.05, 0) is 55.5 Å². The molecule has 3 N–H and O–H groups in total. The lowest BCUT2D eigenvalue weighted by Crippen LogP contribution is -2.21. The first kappa shape index (κ1) is 20.6. The molecule has 1 aliphatic carbocycles. The van der Waals surface area contributed by atoms with Crippen LogP contribution in [0.2, 0.25) is 0 Å². The molecule has 0 spiro atoms. The summed E-state index contributed by atoms with van der Waals surface area (Å²) in [4.78, 5) is 37.1. The van der Waals surface area contributed by atoms with E-state index in [1.807, 2.05) is 0 Å². The van der Waals surface area contributed by atoms with E-state index in [9.17, 15) is 9.59 Å². The highest BCUT2D eigenvalue weighted by Gasteiger charge is 2.20. The van der Waals surface area contributed by atoms with Crippen LogP contribution in [0.1, 0.15) is 33.6 Å². The second-order valence-corrected chi connectivity index (χ2v) is 9.42. The van der Waals surface area contributed by atoms with Crippen LogP contribution in [0.4, 0.5) is 11.5 Å². The predicted octanol–water partition coefficient (Wildman–Crippen LogP) is 3.58. The van der Waals surface area contributed by atoms with Crippen LogP contribution >= 0.6 is 23.1 Å². The van der Waals surface area contributed by atoms with Crippen molar-refractivity contribution in [2.75, 3.05) is 30.9 Å². The normalized spacial score (nSPS) is 13.1. The van der Waals surface area contributed by atoms with Crippen molar-refractivity contribution in [1.29, 1.82) is 0 Å². The van der Waals surface area contributed by atoms with Gasteiger partial charge in [0.1, 0.15) is 10.6 Å². The number of aromatic nitrogens is 2. The van der Waals surface area contributed by atoms with Crippen LogP contribution in [-0.2, 0) is 17.6 Å². The third kappa shape index (κ3) is 4.27. The number of thioether (sulfide) groups is 1. The van der Waals surface area contributed by atoms with E-state index in [0.717, 1.165) is 23.1 Å². The molecule has 2 heterocycles. The van der Waals surface area contributed by atoms with Gasteiger partial charge in [-0.2, -0.15) is 0 Å². The molecule has 0 atom stereocenters. The topological polar surface area (TPSA) is 101 Å². The molecule has 0 unspecified atom stereocenters. The number of carbonyl (C=O) groups excluding carboxylic acids is 2. The molecule has 7 nitrogen and oxygen atoms in total. The van der Waals surface area contributed by atoms with Crippen molar-refractivity contribution in [1.82, 2.24) is 14.9 Å². The fourth-order valence-electron chi connectivity index (χ4n) is 3.51. The number of nitrogen functional groups attached to an aromatic ring is 1. The molecule has 1 aromatic carbocycles. The summed E-state index contributed by atoms with van der Waals surface area (Å²) in [5, 5.41) is 4.34. The molecule has 0 fully saturated rings. The van der Waals surface area contributed by atoms with E-state index in [-0.39, 0.29) is 17.6 Å². The highest BCUT2D eigenvalue weighted by molar-refractivity contribution is 7.99. The van der Waals surface area contributed by atoms with E-state index in [0.29, 0.717) is 22.2 Å². The van der Waals surface area contributed by atoms with E-state index >= 15 is 0 Å². The molecule has 9 heteroatoms. The van der Waals surface area contributed by atoms with Crippen molar-refractivity contribution < 1.29 is 9.59 Å². The molecule has 3 aromatic rings. The quantitative estimate of drug-likeness (QED) is 0.464. The smallest absolute Gasteiger partial charge is 0.253 e. The van der Waals surface area contributed by atoms with Crippen molar-refractivity contribution in [2.45, 2.75) is 30.8 Å². The first-order valence-corrected chi connectivity index (χ1v) is 11.5. The fraction of sp³-hybridized carbons (Fsp3) is 0.333. The van der Waals surface area contributed by atoms with Crippen molar-refractivity contribution in [3.05, 3.63) is 40.3 Å². The zero-order valence-electron chi connectivity index (χ0n) is 16.9. The Balaban J connectivity index is 1.40. The summed E-state index contributed by atoms with van der Waals surface area (Å²) in [5.41, 5.74) is 8.74. The lowest BCUT2D eigenvalue weighted by atomic mass is 9.97. The number of nitrogens with two attached hydrogens (primary N) is 1. The summed E-state index contributed by atoms with van der Waals surface area (Å²) in [6.45, 7) is 0. The van der Waals surface area contributed by atoms with Gasteiger partial charge in [-0.3, -0.25) is 9.59 Å². The van der Waals surface area contributed by atoms with Crippen LogP contribution in [-0.4, -0.2) is 46.5 Å². The Morgan fingerprint density at radius 3 is 2.63 bits per heavy atom. The number of thiophene rings is 1. The predicted molar refractivity (Wildman–Crippen MR) is 122 cm³/mol. The van der Waals surface area contributed by atoms with E-state index in [2.05, 4.69) is 15.3 Å². The third-order valence-corrected chi connectivity index (χ3v) is 7.01. The molecule has 0 aliphatic heterocycles. The zero-order valence-corrected chi connectivity index (χ0v) is 18.5. The van der Waals surface area contributed by atoms with Crippen molar-refractivity contribution >= 4 is 56.6 Å². The van der Waals surface area contributed by atoms with Crippen molar-refractivity contribution in [2.24, 2.45) is 0 Å². The Morgan fingerprint density at radius 2 is 1.90 bits per heavy atom. The van der Waals surface area contributed by atoms with Crippen molar-refractivity contribution in [3.63, 3.8) is 0 Å². The maximum absolute atomic E-state index is 12.3. The Bertz CT molecular complexity index is 1110. The van der Waals surface area contributed by atoms with Crippen LogP contribution < -0.4 is 11.1 Å². The van der Waals surface area contributed by atoms with Gasteiger partial charge in [0.15, 0.2) is 5.16 Å². The standard InChI is InChI=1S/C21H23N5O2S2/c1-26(2)20(28)12-7-9-13(10-8-12)23-16(27)11-29-21-24-18(22)17-14-5-3-4-6-15(14)30-19(17)25-21/h7-10H,3-6,11H2,1-2H3,(H,23,27)(H2,22,24,25). The summed E-state index contributed by atoms with van der Waals surface area (Å²) in [5.74, 6) is 0.431. The van der Waals surface area contributed by atoms with Gasteiger partial charge in [-0.25, -0.2) is 9.97 Å². The van der Waals surface area contributed by atoms with Gasteiger partial charge >= 0.3 is 0 Å². The largest absolute Gasteiger partial charge is 0.383 e. The number of hydrogen-bond acceptors (Lipinski definition) is 7. The SMILES string of the molecule is CN(C)C(=O)c1ccc(NC(=O)CSc2nc(N)c3c4c(sc3n2)CCCC4)cc1. The molecule has 0 saturated carbocycles. The molecule has 0 saturated heterocycles. The number of nitrogens with one attached hydrogen (secondary N) is 1. The van der Waals surface area contributed by atoms with E-state index < -0.39 is 0 Å². The molecule has 30 heavy (non-hydrogen) atoms. The van der Waals surface area contributed by atoms with Gasteiger partial charge in [0.25, 0.3) is 5.91 Å². The molecule has 2 aromatic heterocycles. The van der Waals surface area contributed by atoms with Crippen LogP contribution in [0.5, 0.6) is 0 Å². The van der Waals surface area contributed by atoms with Gasteiger partial charge < -0.3 is 16.0 Å². The zero-order chi connectivity index (χ0) is 21.3. The number of rotatable bonds is 5.